The summed E-state index contributed by atoms with van der Waals surface area (Å²) in [6.07, 6.45) is 42.6. The van der Waals surface area contributed by atoms with Gasteiger partial charge >= 0.3 is 19.8 Å². The molecule has 284 valence electrons. The Kier molecular flexibility index (Phi) is 34.4. The number of hydrogen-bond acceptors (Lipinski definition) is 6. The number of unbranched alkanes of at least 4 members (excludes halogenated alkanes) is 17. The van der Waals surface area contributed by atoms with Gasteiger partial charge in [-0.3, -0.25) is 14.1 Å². The maximum atomic E-state index is 12.4. The van der Waals surface area contributed by atoms with E-state index in [1.54, 1.807) is 0 Å². The molecule has 8 nitrogen and oxygen atoms in total. The molecule has 0 aliphatic rings. The third kappa shape index (κ3) is 38.7. The van der Waals surface area contributed by atoms with E-state index in [0.29, 0.717) is 12.8 Å². The van der Waals surface area contributed by atoms with Crippen molar-refractivity contribution in [1.82, 2.24) is 0 Å². The molecule has 1 atom stereocenters. The second kappa shape index (κ2) is 35.8. The number of hydrogen-bond donors (Lipinski definition) is 2. The minimum atomic E-state index is -4.76. The summed E-state index contributed by atoms with van der Waals surface area (Å²) in [6.45, 7) is 3.60. The van der Waals surface area contributed by atoms with Crippen LogP contribution in [0.2, 0.25) is 0 Å². The molecule has 0 spiro atoms. The molecule has 0 heterocycles. The number of phosphoric ester groups is 1. The van der Waals surface area contributed by atoms with Crippen molar-refractivity contribution >= 4 is 19.8 Å². The van der Waals surface area contributed by atoms with Crippen LogP contribution in [0.5, 0.6) is 0 Å². The van der Waals surface area contributed by atoms with E-state index in [1.807, 2.05) is 6.08 Å². The Bertz CT molecular complexity index is 937. The molecule has 0 aromatic heterocycles. The van der Waals surface area contributed by atoms with E-state index in [2.05, 4.69) is 60.9 Å². The summed E-state index contributed by atoms with van der Waals surface area (Å²) >= 11 is 0. The summed E-state index contributed by atoms with van der Waals surface area (Å²) < 4.78 is 26.3. The number of allylic oxidation sites excluding steroid dienone is 8. The Balaban J connectivity index is 4.05. The van der Waals surface area contributed by atoms with Crippen LogP contribution in [0.1, 0.15) is 174 Å². The quantitative estimate of drug-likeness (QED) is 0.0289. The summed E-state index contributed by atoms with van der Waals surface area (Å²) in [5.41, 5.74) is 0. The van der Waals surface area contributed by atoms with Gasteiger partial charge in [0.05, 0.1) is 6.61 Å². The SMILES string of the molecule is CCCCC/C=C/C/C=C/C/C=C/C/C=C/CCCC(=O)OC[C@H](COP(=O)(O)O)OC(=O)CCCCCCCCCCCCCCCC. The van der Waals surface area contributed by atoms with Gasteiger partial charge in [0.25, 0.3) is 0 Å². The van der Waals surface area contributed by atoms with Crippen LogP contribution in [0.25, 0.3) is 0 Å². The first-order valence-electron chi connectivity index (χ1n) is 19.4. The molecule has 0 aliphatic heterocycles. The average molecular weight is 711 g/mol. The second-order valence-electron chi connectivity index (χ2n) is 12.9. The maximum Gasteiger partial charge on any atom is 0.469 e. The highest BCUT2D eigenvalue weighted by Gasteiger charge is 2.22. The van der Waals surface area contributed by atoms with E-state index in [4.69, 9.17) is 19.3 Å². The maximum absolute atomic E-state index is 12.4. The summed E-state index contributed by atoms with van der Waals surface area (Å²) in [6, 6.07) is 0. The van der Waals surface area contributed by atoms with Gasteiger partial charge in [0, 0.05) is 12.8 Å². The molecular formula is C40H71O8P. The molecule has 0 saturated carbocycles. The van der Waals surface area contributed by atoms with E-state index in [0.717, 1.165) is 44.9 Å². The monoisotopic (exact) mass is 710 g/mol. The zero-order chi connectivity index (χ0) is 36.1. The van der Waals surface area contributed by atoms with Gasteiger partial charge in [-0.15, -0.1) is 0 Å². The first-order chi connectivity index (χ1) is 23.8. The van der Waals surface area contributed by atoms with Crippen LogP contribution in [-0.2, 0) is 28.2 Å². The third-order valence-electron chi connectivity index (χ3n) is 8.10. The Morgan fingerprint density at radius 1 is 0.531 bits per heavy atom. The van der Waals surface area contributed by atoms with Gasteiger partial charge in [0.1, 0.15) is 6.61 Å². The molecule has 0 amide bonds. The highest BCUT2D eigenvalue weighted by molar-refractivity contribution is 7.46. The summed E-state index contributed by atoms with van der Waals surface area (Å²) in [5.74, 6) is -0.949. The molecule has 0 saturated heterocycles. The summed E-state index contributed by atoms with van der Waals surface area (Å²) in [4.78, 5) is 42.7. The van der Waals surface area contributed by atoms with Crippen molar-refractivity contribution in [3.63, 3.8) is 0 Å². The van der Waals surface area contributed by atoms with Gasteiger partial charge in [-0.05, 0) is 51.4 Å². The Labute approximate surface area is 299 Å². The lowest BCUT2D eigenvalue weighted by molar-refractivity contribution is -0.161. The molecule has 0 fully saturated rings. The van der Waals surface area contributed by atoms with Crippen LogP contribution in [0, 0.1) is 0 Å². The van der Waals surface area contributed by atoms with Crippen molar-refractivity contribution in [2.75, 3.05) is 13.2 Å². The van der Waals surface area contributed by atoms with Crippen molar-refractivity contribution in [3.05, 3.63) is 48.6 Å². The normalized spacial score (nSPS) is 13.0. The number of esters is 2. The largest absolute Gasteiger partial charge is 0.469 e. The van der Waals surface area contributed by atoms with E-state index in [9.17, 15) is 14.2 Å². The molecule has 0 aliphatic carbocycles. The molecule has 2 N–H and O–H groups in total. The first kappa shape index (κ1) is 47.0. The van der Waals surface area contributed by atoms with Gasteiger partial charge in [0.15, 0.2) is 6.10 Å². The van der Waals surface area contributed by atoms with E-state index in [-0.39, 0.29) is 19.4 Å². The first-order valence-corrected chi connectivity index (χ1v) is 21.0. The molecule has 49 heavy (non-hydrogen) atoms. The van der Waals surface area contributed by atoms with Crippen LogP contribution in [0.15, 0.2) is 48.6 Å². The number of ether oxygens (including phenoxy) is 2. The molecule has 0 rings (SSSR count). The predicted molar refractivity (Wildman–Crippen MR) is 202 cm³/mol. The van der Waals surface area contributed by atoms with Crippen LogP contribution in [0.3, 0.4) is 0 Å². The van der Waals surface area contributed by atoms with Crippen molar-refractivity contribution < 1.29 is 37.9 Å². The zero-order valence-corrected chi connectivity index (χ0v) is 32.0. The Morgan fingerprint density at radius 2 is 0.939 bits per heavy atom. The third-order valence-corrected chi connectivity index (χ3v) is 8.59. The van der Waals surface area contributed by atoms with Crippen LogP contribution < -0.4 is 0 Å². The van der Waals surface area contributed by atoms with Crippen molar-refractivity contribution in [2.24, 2.45) is 0 Å². The minimum absolute atomic E-state index is 0.192. The van der Waals surface area contributed by atoms with Gasteiger partial charge in [-0.2, -0.15) is 0 Å². The summed E-state index contributed by atoms with van der Waals surface area (Å²) in [7, 11) is -4.76. The molecule has 0 radical (unpaired) electrons. The van der Waals surface area contributed by atoms with E-state index >= 15 is 0 Å². The van der Waals surface area contributed by atoms with Gasteiger partial charge in [-0.1, -0.05) is 159 Å². The van der Waals surface area contributed by atoms with Gasteiger partial charge in [-0.25, -0.2) is 4.57 Å². The highest BCUT2D eigenvalue weighted by atomic mass is 31.2. The highest BCUT2D eigenvalue weighted by Crippen LogP contribution is 2.36. The van der Waals surface area contributed by atoms with Crippen LogP contribution in [-0.4, -0.2) is 41.0 Å². The van der Waals surface area contributed by atoms with Crippen LogP contribution in [0.4, 0.5) is 0 Å². The molecule has 9 heteroatoms. The van der Waals surface area contributed by atoms with Crippen LogP contribution >= 0.6 is 7.82 Å². The lowest BCUT2D eigenvalue weighted by atomic mass is 10.0. The topological polar surface area (TPSA) is 119 Å². The molecular weight excluding hydrogens is 639 g/mol. The lowest BCUT2D eigenvalue weighted by Crippen LogP contribution is -2.29. The Morgan fingerprint density at radius 3 is 1.43 bits per heavy atom. The number of carbonyl (C=O) groups excluding carboxylic acids is 2. The van der Waals surface area contributed by atoms with E-state index in [1.165, 1.54) is 89.9 Å². The molecule has 0 aromatic rings. The summed E-state index contributed by atoms with van der Waals surface area (Å²) in [5, 5.41) is 0. The fourth-order valence-corrected chi connectivity index (χ4v) is 5.55. The standard InChI is InChI=1S/C40H71O8P/c1-3-5-7-9-11-13-15-17-19-20-21-23-24-26-28-30-32-34-39(41)46-36-38(37-47-49(43,44)45)48-40(42)35-33-31-29-27-25-22-18-16-14-12-10-8-6-4-2/h11,13,17,19,21,23,26,28,38H,3-10,12,14-16,18,20,22,24-25,27,29-37H2,1-2H3,(H2,43,44,45)/b13-11+,19-17+,23-21+,28-26+/t38-/m1/s1. The van der Waals surface area contributed by atoms with E-state index < -0.39 is 32.5 Å². The van der Waals surface area contributed by atoms with Gasteiger partial charge in [0.2, 0.25) is 0 Å². The van der Waals surface area contributed by atoms with Crippen molar-refractivity contribution in [1.29, 1.82) is 0 Å². The number of carbonyl (C=O) groups is 2. The zero-order valence-electron chi connectivity index (χ0n) is 31.1. The fraction of sp³-hybridized carbons (Fsp3) is 0.750. The van der Waals surface area contributed by atoms with Crippen molar-refractivity contribution in [3.8, 4) is 0 Å². The number of rotatable bonds is 35. The minimum Gasteiger partial charge on any atom is -0.462 e. The van der Waals surface area contributed by atoms with Crippen molar-refractivity contribution in [2.45, 2.75) is 180 Å². The number of phosphoric acid groups is 1. The average Bonchev–Trinajstić information content (AvgIpc) is 3.07. The predicted octanol–water partition coefficient (Wildman–Crippen LogP) is 11.6. The van der Waals surface area contributed by atoms with Gasteiger partial charge < -0.3 is 19.3 Å². The second-order valence-corrected chi connectivity index (χ2v) is 14.1. The Hall–Kier alpha value is -1.99. The smallest absolute Gasteiger partial charge is 0.462 e. The molecule has 0 bridgehead atoms. The fourth-order valence-electron chi connectivity index (χ4n) is 5.19. The molecule has 0 aromatic carbocycles. The lowest BCUT2D eigenvalue weighted by Gasteiger charge is -2.18. The molecule has 0 unspecified atom stereocenters.